The van der Waals surface area contributed by atoms with E-state index in [9.17, 15) is 10.1 Å². The Bertz CT molecular complexity index is 412. The summed E-state index contributed by atoms with van der Waals surface area (Å²) >= 11 is 0. The molecule has 2 rings (SSSR count). The molecule has 1 aromatic rings. The predicted molar refractivity (Wildman–Crippen MR) is 64.9 cm³/mol. The molecule has 1 heterocycles. The smallest absolute Gasteiger partial charge is 0.362 e. The molecule has 0 bridgehead atoms. The van der Waals surface area contributed by atoms with Crippen LogP contribution in [0, 0.1) is 16.0 Å². The van der Waals surface area contributed by atoms with Crippen molar-refractivity contribution in [1.29, 1.82) is 0 Å². The zero-order chi connectivity index (χ0) is 12.4. The van der Waals surface area contributed by atoms with E-state index in [-0.39, 0.29) is 5.82 Å². The Hall–Kier alpha value is -1.59. The Kier molecular flexibility index (Phi) is 3.31. The zero-order valence-electron chi connectivity index (χ0n) is 10.2. The lowest BCUT2D eigenvalue weighted by Gasteiger charge is -2.17. The Balaban J connectivity index is 2.09. The van der Waals surface area contributed by atoms with Gasteiger partial charge in [-0.3, -0.25) is 4.57 Å². The number of aromatic nitrogens is 2. The molecule has 6 nitrogen and oxygen atoms in total. The summed E-state index contributed by atoms with van der Waals surface area (Å²) in [6.45, 7) is 2.10. The number of nitro groups is 1. The number of nitrogens with zero attached hydrogens (tertiary/aromatic N) is 3. The van der Waals surface area contributed by atoms with Gasteiger partial charge in [0.05, 0.1) is 0 Å². The fourth-order valence-corrected chi connectivity index (χ4v) is 1.99. The first-order valence-electron chi connectivity index (χ1n) is 6.04. The van der Waals surface area contributed by atoms with Crippen LogP contribution in [0.2, 0.25) is 0 Å². The molecule has 1 aliphatic carbocycles. The average Bonchev–Trinajstić information content (AvgIpc) is 3.02. The van der Waals surface area contributed by atoms with Crippen molar-refractivity contribution in [3.63, 3.8) is 0 Å². The number of imidazole rings is 1. The van der Waals surface area contributed by atoms with Gasteiger partial charge in [0.2, 0.25) is 12.1 Å². The van der Waals surface area contributed by atoms with E-state index in [1.54, 1.807) is 11.6 Å². The minimum atomic E-state index is -0.438. The molecule has 0 amide bonds. The molecular weight excluding hydrogens is 220 g/mol. The van der Waals surface area contributed by atoms with Gasteiger partial charge in [0.15, 0.2) is 0 Å². The van der Waals surface area contributed by atoms with Crippen LogP contribution >= 0.6 is 0 Å². The summed E-state index contributed by atoms with van der Waals surface area (Å²) in [7, 11) is 1.77. The zero-order valence-corrected chi connectivity index (χ0v) is 10.2. The van der Waals surface area contributed by atoms with Gasteiger partial charge < -0.3 is 15.4 Å². The number of aryl methyl sites for hydroxylation is 1. The van der Waals surface area contributed by atoms with Crippen molar-refractivity contribution in [2.24, 2.45) is 13.0 Å². The predicted octanol–water partition coefficient (Wildman–Crippen LogP) is 2.32. The maximum Gasteiger partial charge on any atom is 0.406 e. The van der Waals surface area contributed by atoms with Crippen molar-refractivity contribution in [2.45, 2.75) is 38.6 Å². The first-order chi connectivity index (χ1) is 8.11. The van der Waals surface area contributed by atoms with Gasteiger partial charge in [-0.05, 0) is 28.7 Å². The largest absolute Gasteiger partial charge is 0.406 e. The summed E-state index contributed by atoms with van der Waals surface area (Å²) in [5.41, 5.74) is 0. The van der Waals surface area contributed by atoms with Crippen LogP contribution in [-0.4, -0.2) is 20.5 Å². The lowest BCUT2D eigenvalue weighted by Crippen LogP contribution is -2.21. The number of nitrogens with one attached hydrogen (secondary N) is 1. The minimum absolute atomic E-state index is 0.0817. The summed E-state index contributed by atoms with van der Waals surface area (Å²) in [4.78, 5) is 14.2. The van der Waals surface area contributed by atoms with Gasteiger partial charge in [0, 0.05) is 13.1 Å². The summed E-state index contributed by atoms with van der Waals surface area (Å²) in [5, 5.41) is 14.1. The van der Waals surface area contributed by atoms with Crippen molar-refractivity contribution in [3.05, 3.63) is 16.4 Å². The van der Waals surface area contributed by atoms with Crippen LogP contribution < -0.4 is 5.32 Å². The molecule has 1 aliphatic rings. The van der Waals surface area contributed by atoms with E-state index in [0.29, 0.717) is 11.9 Å². The van der Waals surface area contributed by atoms with Crippen LogP contribution in [0.5, 0.6) is 0 Å². The van der Waals surface area contributed by atoms with Gasteiger partial charge in [0.1, 0.15) is 0 Å². The monoisotopic (exact) mass is 238 g/mol. The van der Waals surface area contributed by atoms with Crippen molar-refractivity contribution < 1.29 is 4.92 Å². The molecule has 1 unspecified atom stereocenters. The highest BCUT2D eigenvalue weighted by atomic mass is 16.6. The van der Waals surface area contributed by atoms with E-state index >= 15 is 0 Å². The van der Waals surface area contributed by atoms with Gasteiger partial charge in [-0.15, -0.1) is 0 Å². The molecule has 0 spiro atoms. The van der Waals surface area contributed by atoms with Crippen molar-refractivity contribution in [1.82, 2.24) is 9.55 Å². The molecular formula is C11H18N4O2. The lowest BCUT2D eigenvalue weighted by atomic mass is 10.1. The quantitative estimate of drug-likeness (QED) is 0.609. The van der Waals surface area contributed by atoms with Gasteiger partial charge in [0.25, 0.3) is 0 Å². The molecule has 1 fully saturated rings. The maximum absolute atomic E-state index is 10.8. The van der Waals surface area contributed by atoms with Crippen LogP contribution in [0.4, 0.5) is 11.6 Å². The molecule has 0 aromatic carbocycles. The minimum Gasteiger partial charge on any atom is -0.362 e. The second-order valence-electron chi connectivity index (χ2n) is 4.71. The number of rotatable bonds is 6. The molecule has 0 saturated heterocycles. The second-order valence-corrected chi connectivity index (χ2v) is 4.71. The van der Waals surface area contributed by atoms with Crippen LogP contribution in [0.3, 0.4) is 0 Å². The first kappa shape index (κ1) is 11.9. The van der Waals surface area contributed by atoms with Crippen LogP contribution in [0.15, 0.2) is 6.33 Å². The normalized spacial score (nSPS) is 16.8. The molecule has 1 N–H and O–H groups in total. The third kappa shape index (κ3) is 2.75. The molecule has 17 heavy (non-hydrogen) atoms. The molecule has 1 saturated carbocycles. The summed E-state index contributed by atoms with van der Waals surface area (Å²) in [6.07, 6.45) is 6.14. The summed E-state index contributed by atoms with van der Waals surface area (Å²) < 4.78 is 1.67. The first-order valence-corrected chi connectivity index (χ1v) is 6.04. The highest BCUT2D eigenvalue weighted by Gasteiger charge is 2.27. The average molecular weight is 238 g/mol. The van der Waals surface area contributed by atoms with Crippen LogP contribution in [0.1, 0.15) is 32.6 Å². The number of hydrogen-bond acceptors (Lipinski definition) is 4. The van der Waals surface area contributed by atoms with E-state index < -0.39 is 4.92 Å². The standard InChI is InChI=1S/C11H18N4O2/c1-3-9(6-8-4-5-8)13-11-10(15(16)17)12-7-14(11)2/h7-9,13H,3-6H2,1-2H3. The van der Waals surface area contributed by atoms with Crippen LogP contribution in [-0.2, 0) is 7.05 Å². The lowest BCUT2D eigenvalue weighted by molar-refractivity contribution is -0.388. The van der Waals surface area contributed by atoms with Gasteiger partial charge in [-0.2, -0.15) is 0 Å². The molecule has 1 atom stereocenters. The van der Waals surface area contributed by atoms with Gasteiger partial charge >= 0.3 is 5.82 Å². The van der Waals surface area contributed by atoms with Crippen LogP contribution in [0.25, 0.3) is 0 Å². The molecule has 1 aromatic heterocycles. The third-order valence-corrected chi connectivity index (χ3v) is 3.24. The fourth-order valence-electron chi connectivity index (χ4n) is 1.99. The number of hydrogen-bond donors (Lipinski definition) is 1. The molecule has 94 valence electrons. The molecule has 0 radical (unpaired) electrons. The van der Waals surface area contributed by atoms with E-state index in [1.807, 2.05) is 0 Å². The Morgan fingerprint density at radius 2 is 2.41 bits per heavy atom. The van der Waals surface area contributed by atoms with Crippen molar-refractivity contribution >= 4 is 11.6 Å². The molecule has 6 heteroatoms. The van der Waals surface area contributed by atoms with E-state index in [2.05, 4.69) is 17.2 Å². The second kappa shape index (κ2) is 4.73. The van der Waals surface area contributed by atoms with Crippen molar-refractivity contribution in [3.8, 4) is 0 Å². The topological polar surface area (TPSA) is 73.0 Å². The van der Waals surface area contributed by atoms with Gasteiger partial charge in [-0.25, -0.2) is 0 Å². The Morgan fingerprint density at radius 1 is 1.71 bits per heavy atom. The maximum atomic E-state index is 10.8. The molecule has 0 aliphatic heterocycles. The van der Waals surface area contributed by atoms with E-state index in [1.165, 1.54) is 19.2 Å². The third-order valence-electron chi connectivity index (χ3n) is 3.24. The Labute approximate surface area is 100 Å². The van der Waals surface area contributed by atoms with Crippen molar-refractivity contribution in [2.75, 3.05) is 5.32 Å². The Morgan fingerprint density at radius 3 is 2.94 bits per heavy atom. The fraction of sp³-hybridized carbons (Fsp3) is 0.727. The van der Waals surface area contributed by atoms with E-state index in [4.69, 9.17) is 0 Å². The van der Waals surface area contributed by atoms with Gasteiger partial charge in [-0.1, -0.05) is 19.8 Å². The highest BCUT2D eigenvalue weighted by Crippen LogP contribution is 2.35. The summed E-state index contributed by atoms with van der Waals surface area (Å²) in [5.74, 6) is 1.24. The summed E-state index contributed by atoms with van der Waals surface area (Å²) in [6, 6.07) is 0.302. The highest BCUT2D eigenvalue weighted by molar-refractivity contribution is 5.52. The van der Waals surface area contributed by atoms with E-state index in [0.717, 1.165) is 18.8 Å². The SMILES string of the molecule is CCC(CC1CC1)Nc1c([N+](=O)[O-])ncn1C. The number of anilines is 1.